The maximum Gasteiger partial charge on any atom is 0.341 e. The van der Waals surface area contributed by atoms with Gasteiger partial charge in [0.1, 0.15) is 39.4 Å². The Bertz CT molecular complexity index is 1730. The number of carbonyl (C=O) groups is 2. The lowest BCUT2D eigenvalue weighted by molar-refractivity contribution is -0.139. The summed E-state index contributed by atoms with van der Waals surface area (Å²) in [6.45, 7) is 1.01. The van der Waals surface area contributed by atoms with Gasteiger partial charge in [0.05, 0.1) is 23.3 Å². The lowest BCUT2D eigenvalue weighted by Gasteiger charge is -2.22. The van der Waals surface area contributed by atoms with Gasteiger partial charge >= 0.3 is 11.9 Å². The number of aliphatic carboxylic acids is 1. The Hall–Kier alpha value is -5.09. The number of hydrogen-bond donors (Lipinski definition) is 6. The van der Waals surface area contributed by atoms with E-state index >= 15 is 0 Å². The first-order chi connectivity index (χ1) is 19.9. The Morgan fingerprint density at radius 2 is 1.48 bits per heavy atom. The van der Waals surface area contributed by atoms with Gasteiger partial charge in [-0.05, 0) is 48.7 Å². The van der Waals surface area contributed by atoms with E-state index in [0.29, 0.717) is 16.5 Å². The smallest absolute Gasteiger partial charge is 0.341 e. The number of hydrogen-bond acceptors (Lipinski definition) is 12. The summed E-state index contributed by atoms with van der Waals surface area (Å²) in [7, 11) is -3.04. The van der Waals surface area contributed by atoms with Crippen molar-refractivity contribution in [3.8, 4) is 17.2 Å². The first-order valence-electron chi connectivity index (χ1n) is 11.9. The van der Waals surface area contributed by atoms with E-state index in [-0.39, 0.29) is 28.4 Å². The molecule has 218 valence electrons. The van der Waals surface area contributed by atoms with Gasteiger partial charge in [0.15, 0.2) is 12.4 Å². The predicted molar refractivity (Wildman–Crippen MR) is 152 cm³/mol. The van der Waals surface area contributed by atoms with Crippen LogP contribution in [0.2, 0.25) is 0 Å². The molecule has 4 aromatic carbocycles. The van der Waals surface area contributed by atoms with Crippen LogP contribution in [-0.2, 0) is 4.79 Å². The van der Waals surface area contributed by atoms with Gasteiger partial charge < -0.3 is 38.5 Å². The highest BCUT2D eigenvalue weighted by Gasteiger charge is 2.25. The maximum absolute atomic E-state index is 11.2. The van der Waals surface area contributed by atoms with Gasteiger partial charge in [0, 0.05) is 17.5 Å². The number of phenols is 1. The van der Waals surface area contributed by atoms with Crippen LogP contribution in [0.15, 0.2) is 86.0 Å². The van der Waals surface area contributed by atoms with E-state index in [1.807, 2.05) is 0 Å². The zero-order valence-electron chi connectivity index (χ0n) is 22.0. The minimum atomic E-state index is -4.36. The number of carboxylic acid groups (broad SMARTS) is 2. The van der Waals surface area contributed by atoms with Gasteiger partial charge in [-0.1, -0.05) is 17.7 Å². The number of aromatic hydroxyl groups is 1. The Labute approximate surface area is 239 Å². The first kappa shape index (κ1) is 29.9. The minimum Gasteiger partial charge on any atom is -0.505 e. The fourth-order valence-corrected chi connectivity index (χ4v) is 4.44. The third-order valence-corrected chi connectivity index (χ3v) is 6.66. The average molecular weight is 597 g/mol. The molecule has 15 heteroatoms. The molecular weight excluding hydrogens is 572 g/mol. The quantitative estimate of drug-likeness (QED) is 0.0992. The normalized spacial score (nSPS) is 12.2. The molecule has 0 aromatic heterocycles. The molecule has 0 heterocycles. The van der Waals surface area contributed by atoms with E-state index < -0.39 is 45.7 Å². The SMILES string of the molecule is COc1cc(N=Nc2c(S(O)(O)O)cc3ccc(C)cc3c2O)c(OCC(=O)O)cc1N=Nc1ccc(C(=O)O)cc1. The van der Waals surface area contributed by atoms with Crippen molar-refractivity contribution in [1.29, 1.82) is 0 Å². The molecule has 0 bridgehead atoms. The second-order valence-corrected chi connectivity index (χ2v) is 10.2. The van der Waals surface area contributed by atoms with Crippen molar-refractivity contribution in [3.63, 3.8) is 0 Å². The van der Waals surface area contributed by atoms with Crippen molar-refractivity contribution in [2.24, 2.45) is 20.5 Å². The van der Waals surface area contributed by atoms with E-state index in [4.69, 9.17) is 19.7 Å². The number of benzene rings is 4. The number of carboxylic acids is 2. The highest BCUT2D eigenvalue weighted by Crippen LogP contribution is 2.54. The number of methoxy groups -OCH3 is 1. The van der Waals surface area contributed by atoms with E-state index in [9.17, 15) is 28.4 Å². The van der Waals surface area contributed by atoms with Crippen molar-refractivity contribution in [3.05, 3.63) is 71.8 Å². The summed E-state index contributed by atoms with van der Waals surface area (Å²) in [5, 5.41) is 46.0. The van der Waals surface area contributed by atoms with Crippen LogP contribution in [0.4, 0.5) is 22.7 Å². The molecule has 0 spiro atoms. The van der Waals surface area contributed by atoms with Crippen molar-refractivity contribution in [2.45, 2.75) is 11.8 Å². The lowest BCUT2D eigenvalue weighted by Crippen LogP contribution is -2.09. The summed E-state index contributed by atoms with van der Waals surface area (Å²) in [6.07, 6.45) is 0. The van der Waals surface area contributed by atoms with E-state index in [2.05, 4.69) is 20.5 Å². The highest BCUT2D eigenvalue weighted by atomic mass is 32.3. The standard InChI is InChI=1S/C27H24N4O10S/c1-14-3-4-16-10-23(42(37,38)39)25(26(34)18(16)9-14)31-30-20-11-21(40-2)19(12-22(20)41-13-24(32)33)29-28-17-7-5-15(6-8-17)27(35)36/h3-12,34,37-39H,13H2,1-2H3,(H,32,33)(H,35,36). The van der Waals surface area contributed by atoms with Crippen LogP contribution in [0.25, 0.3) is 10.8 Å². The number of azo groups is 2. The maximum atomic E-state index is 11.2. The van der Waals surface area contributed by atoms with Gasteiger partial charge in [0.2, 0.25) is 0 Å². The predicted octanol–water partition coefficient (Wildman–Crippen LogP) is 7.44. The largest absolute Gasteiger partial charge is 0.505 e. The summed E-state index contributed by atoms with van der Waals surface area (Å²) in [5.74, 6) is -2.92. The summed E-state index contributed by atoms with van der Waals surface area (Å²) < 4.78 is 40.8. The van der Waals surface area contributed by atoms with Crippen LogP contribution in [0.3, 0.4) is 0 Å². The monoisotopic (exact) mass is 596 g/mol. The molecular formula is C27H24N4O10S. The number of phenolic OH excluding ortho intramolecular Hbond substituents is 1. The zero-order chi connectivity index (χ0) is 30.6. The average Bonchev–Trinajstić information content (AvgIpc) is 2.94. The second kappa shape index (κ2) is 12.2. The first-order valence-corrected chi connectivity index (χ1v) is 13.4. The van der Waals surface area contributed by atoms with Crippen LogP contribution in [-0.4, -0.2) is 54.6 Å². The van der Waals surface area contributed by atoms with Gasteiger partial charge in [-0.2, -0.15) is 5.11 Å². The topological polar surface area (TPSA) is 223 Å². The van der Waals surface area contributed by atoms with Crippen molar-refractivity contribution >= 4 is 56.3 Å². The summed E-state index contributed by atoms with van der Waals surface area (Å²) >= 11 is 0. The van der Waals surface area contributed by atoms with Crippen molar-refractivity contribution in [2.75, 3.05) is 13.7 Å². The van der Waals surface area contributed by atoms with E-state index in [0.717, 1.165) is 5.56 Å². The summed E-state index contributed by atoms with van der Waals surface area (Å²) in [5.41, 5.74) is 0.726. The number of aromatic carboxylic acids is 1. The second-order valence-electron chi connectivity index (χ2n) is 8.74. The van der Waals surface area contributed by atoms with E-state index in [1.54, 1.807) is 25.1 Å². The molecule has 4 aromatic rings. The molecule has 0 radical (unpaired) electrons. The van der Waals surface area contributed by atoms with Crippen molar-refractivity contribution < 1.29 is 48.0 Å². The van der Waals surface area contributed by atoms with Crippen molar-refractivity contribution in [1.82, 2.24) is 0 Å². The molecule has 0 aliphatic carbocycles. The van der Waals surface area contributed by atoms with Gasteiger partial charge in [0.25, 0.3) is 0 Å². The van der Waals surface area contributed by atoms with Crippen LogP contribution >= 0.6 is 10.9 Å². The minimum absolute atomic E-state index is 0.0591. The third-order valence-electron chi connectivity index (χ3n) is 5.76. The third kappa shape index (κ3) is 6.79. The van der Waals surface area contributed by atoms with Gasteiger partial charge in [-0.15, -0.1) is 15.3 Å². The molecule has 0 atom stereocenters. The molecule has 4 rings (SSSR count). The molecule has 0 saturated heterocycles. The highest BCUT2D eigenvalue weighted by molar-refractivity contribution is 8.19. The van der Waals surface area contributed by atoms with Gasteiger partial charge in [-0.3, -0.25) is 0 Å². The Kier molecular flexibility index (Phi) is 8.68. The number of aryl methyl sites for hydroxylation is 1. The molecule has 42 heavy (non-hydrogen) atoms. The van der Waals surface area contributed by atoms with E-state index in [1.165, 1.54) is 49.6 Å². The Morgan fingerprint density at radius 3 is 2.10 bits per heavy atom. The van der Waals surface area contributed by atoms with Crippen LogP contribution in [0, 0.1) is 6.92 Å². The summed E-state index contributed by atoms with van der Waals surface area (Å²) in [6, 6.07) is 14.4. The molecule has 0 fully saturated rings. The number of nitrogens with zero attached hydrogens (tertiary/aromatic N) is 4. The lowest BCUT2D eigenvalue weighted by atomic mass is 10.1. The number of rotatable bonds is 10. The Morgan fingerprint density at radius 1 is 0.833 bits per heavy atom. The molecule has 0 saturated carbocycles. The van der Waals surface area contributed by atoms with Crippen LogP contribution in [0.1, 0.15) is 15.9 Å². The molecule has 14 nitrogen and oxygen atoms in total. The number of fused-ring (bicyclic) bond motifs is 1. The van der Waals surface area contributed by atoms with Gasteiger partial charge in [-0.25, -0.2) is 9.59 Å². The summed E-state index contributed by atoms with van der Waals surface area (Å²) in [4.78, 5) is 21.8. The molecule has 6 N–H and O–H groups in total. The molecule has 0 aliphatic rings. The fraction of sp³-hybridized carbons (Fsp3) is 0.111. The molecule has 0 amide bonds. The Balaban J connectivity index is 1.81. The van der Waals surface area contributed by atoms with Crippen LogP contribution in [0.5, 0.6) is 17.2 Å². The molecule has 0 unspecified atom stereocenters. The number of ether oxygens (including phenoxy) is 2. The molecule has 0 aliphatic heterocycles. The fourth-order valence-electron chi connectivity index (χ4n) is 3.76. The zero-order valence-corrected chi connectivity index (χ0v) is 22.8. The van der Waals surface area contributed by atoms with Crippen LogP contribution < -0.4 is 9.47 Å².